The van der Waals surface area contributed by atoms with Gasteiger partial charge in [0, 0.05) is 31.6 Å². The maximum Gasteiger partial charge on any atom is 0.156 e. The van der Waals surface area contributed by atoms with Crippen LogP contribution in [0.5, 0.6) is 0 Å². The lowest BCUT2D eigenvalue weighted by Crippen LogP contribution is -2.48. The van der Waals surface area contributed by atoms with E-state index in [1.165, 1.54) is 16.7 Å². The Labute approximate surface area is 191 Å². The van der Waals surface area contributed by atoms with Crippen LogP contribution < -0.4 is 4.90 Å². The van der Waals surface area contributed by atoms with Gasteiger partial charge in [-0.3, -0.25) is 4.79 Å². The van der Waals surface area contributed by atoms with Gasteiger partial charge in [-0.05, 0) is 84.4 Å². The van der Waals surface area contributed by atoms with E-state index >= 15 is 0 Å². The van der Waals surface area contributed by atoms with Crippen molar-refractivity contribution in [1.29, 1.82) is 0 Å². The molecule has 2 fully saturated rings. The molecule has 32 heavy (non-hydrogen) atoms. The van der Waals surface area contributed by atoms with Gasteiger partial charge in [0.05, 0.1) is 6.61 Å². The first-order valence-corrected chi connectivity index (χ1v) is 11.8. The van der Waals surface area contributed by atoms with Crippen molar-refractivity contribution in [2.75, 3.05) is 25.6 Å². The van der Waals surface area contributed by atoms with Crippen molar-refractivity contribution < 1.29 is 14.6 Å². The number of hydrogen-bond donors (Lipinski definition) is 1. The molecular weight excluding hydrogens is 398 g/mol. The lowest BCUT2D eigenvalue weighted by Gasteiger charge is -2.42. The van der Waals surface area contributed by atoms with Crippen LogP contribution in [-0.2, 0) is 9.53 Å². The maximum absolute atomic E-state index is 12.2. The minimum absolute atomic E-state index is 0.174. The van der Waals surface area contributed by atoms with E-state index in [0.717, 1.165) is 36.9 Å². The molecule has 1 aromatic rings. The smallest absolute Gasteiger partial charge is 0.156 e. The second kappa shape index (κ2) is 7.61. The number of carbonyl (C=O) groups is 1. The third-order valence-corrected chi connectivity index (χ3v) is 8.67. The fraction of sp³-hybridized carbons (Fsp3) is 0.536. The van der Waals surface area contributed by atoms with Gasteiger partial charge in [0.15, 0.2) is 5.78 Å². The van der Waals surface area contributed by atoms with Gasteiger partial charge in [-0.15, -0.1) is 6.42 Å². The number of anilines is 1. The third-order valence-electron chi connectivity index (χ3n) is 8.67. The number of fused-ring (bicyclic) bond motifs is 4. The Kier molecular flexibility index (Phi) is 5.11. The van der Waals surface area contributed by atoms with Crippen molar-refractivity contribution in [3.8, 4) is 12.3 Å². The molecule has 0 bridgehead atoms. The molecule has 1 N–H and O–H groups in total. The van der Waals surface area contributed by atoms with Gasteiger partial charge in [-0.25, -0.2) is 0 Å². The molecule has 4 aliphatic rings. The highest BCUT2D eigenvalue weighted by Crippen LogP contribution is 2.61. The number of benzene rings is 1. The van der Waals surface area contributed by atoms with Crippen LogP contribution in [0.4, 0.5) is 5.69 Å². The molecule has 3 aliphatic carbocycles. The van der Waals surface area contributed by atoms with Gasteiger partial charge in [-0.1, -0.05) is 25.0 Å². The van der Waals surface area contributed by atoms with Crippen LogP contribution in [0.15, 0.2) is 47.1 Å². The number of ether oxygens (including phenoxy) is 1. The van der Waals surface area contributed by atoms with E-state index in [-0.39, 0.29) is 17.8 Å². The molecule has 5 rings (SSSR count). The molecule has 0 aromatic heterocycles. The maximum atomic E-state index is 12.2. The van der Waals surface area contributed by atoms with Gasteiger partial charge in [0.25, 0.3) is 0 Å². The number of aliphatic hydroxyl groups is 1. The Morgan fingerprint density at radius 1 is 1.16 bits per heavy atom. The number of ketones is 1. The van der Waals surface area contributed by atoms with Gasteiger partial charge >= 0.3 is 0 Å². The molecule has 4 heteroatoms. The largest absolute Gasteiger partial charge is 0.378 e. The van der Waals surface area contributed by atoms with E-state index in [1.54, 1.807) is 0 Å². The molecule has 0 radical (unpaired) electrons. The number of carbonyl (C=O) groups excluding carboxylic acids is 1. The van der Waals surface area contributed by atoms with Gasteiger partial charge in [-0.2, -0.15) is 0 Å². The first-order chi connectivity index (χ1) is 15.3. The summed E-state index contributed by atoms with van der Waals surface area (Å²) in [5.74, 6) is 3.55. The first kappa shape index (κ1) is 21.5. The zero-order chi connectivity index (χ0) is 22.7. The summed E-state index contributed by atoms with van der Waals surface area (Å²) in [5, 5.41) is 11.4. The van der Waals surface area contributed by atoms with E-state index in [2.05, 4.69) is 42.0 Å². The highest BCUT2D eigenvalue weighted by atomic mass is 16.5. The lowest BCUT2D eigenvalue weighted by molar-refractivity contribution is -0.114. The molecule has 1 aromatic carbocycles. The van der Waals surface area contributed by atoms with Crippen molar-refractivity contribution in [2.45, 2.75) is 57.2 Å². The molecule has 4 nitrogen and oxygen atoms in total. The second-order valence-corrected chi connectivity index (χ2v) is 10.5. The zero-order valence-corrected chi connectivity index (χ0v) is 19.4. The summed E-state index contributed by atoms with van der Waals surface area (Å²) in [6.07, 6.45) is 12.3. The van der Waals surface area contributed by atoms with Gasteiger partial charge in [0.2, 0.25) is 0 Å². The molecule has 0 amide bonds. The fourth-order valence-corrected chi connectivity index (χ4v) is 6.73. The van der Waals surface area contributed by atoms with E-state index in [0.29, 0.717) is 25.4 Å². The predicted molar refractivity (Wildman–Crippen MR) is 126 cm³/mol. The number of allylic oxidation sites excluding steroid dienone is 3. The lowest BCUT2D eigenvalue weighted by atomic mass is 9.62. The van der Waals surface area contributed by atoms with E-state index < -0.39 is 11.0 Å². The first-order valence-electron chi connectivity index (χ1n) is 11.8. The molecular formula is C28H33NO3. The highest BCUT2D eigenvalue weighted by molar-refractivity contribution is 5.93. The van der Waals surface area contributed by atoms with Crippen LogP contribution in [0.2, 0.25) is 0 Å². The summed E-state index contributed by atoms with van der Waals surface area (Å²) < 4.78 is 6.71. The molecule has 0 unspecified atom stereocenters. The molecule has 1 heterocycles. The molecule has 1 aliphatic heterocycles. The molecule has 168 valence electrons. The number of nitrogens with zero attached hydrogens (tertiary/aromatic N) is 1. The molecule has 0 spiro atoms. The average Bonchev–Trinajstić information content (AvgIpc) is 2.96. The van der Waals surface area contributed by atoms with Crippen molar-refractivity contribution >= 4 is 11.5 Å². The number of rotatable bonds is 2. The van der Waals surface area contributed by atoms with Gasteiger partial charge in [0.1, 0.15) is 11.7 Å². The Hall–Kier alpha value is -2.35. The third kappa shape index (κ3) is 3.10. The van der Waals surface area contributed by atoms with E-state index in [4.69, 9.17) is 11.2 Å². The minimum atomic E-state index is -1.14. The van der Waals surface area contributed by atoms with Crippen LogP contribution in [0.3, 0.4) is 0 Å². The monoisotopic (exact) mass is 431 g/mol. The molecule has 1 saturated heterocycles. The second-order valence-electron chi connectivity index (χ2n) is 10.5. The SMILES string of the molecule is C#C[C@]1(O)CC[C@H]2[C@@H]3CCC4=CC(=O)CCC4=C3[C@@H](c3ccc(N(C)C)cc3)OC[C@@]21C. The summed E-state index contributed by atoms with van der Waals surface area (Å²) >= 11 is 0. The van der Waals surface area contributed by atoms with Crippen LogP contribution in [0.25, 0.3) is 0 Å². The summed E-state index contributed by atoms with van der Waals surface area (Å²) in [6.45, 7) is 2.56. The minimum Gasteiger partial charge on any atom is -0.378 e. The van der Waals surface area contributed by atoms with E-state index in [1.807, 2.05) is 20.2 Å². The summed E-state index contributed by atoms with van der Waals surface area (Å²) in [7, 11) is 4.08. The van der Waals surface area contributed by atoms with Crippen molar-refractivity contribution in [2.24, 2.45) is 17.3 Å². The number of hydrogen-bond acceptors (Lipinski definition) is 4. The van der Waals surface area contributed by atoms with Crippen LogP contribution in [0.1, 0.15) is 57.1 Å². The summed E-state index contributed by atoms with van der Waals surface area (Å²) in [4.78, 5) is 14.3. The summed E-state index contributed by atoms with van der Waals surface area (Å²) in [6, 6.07) is 8.59. The Morgan fingerprint density at radius 2 is 1.91 bits per heavy atom. The molecule has 5 atom stereocenters. The summed E-state index contributed by atoms with van der Waals surface area (Å²) in [5.41, 5.74) is 4.51. The van der Waals surface area contributed by atoms with Crippen molar-refractivity contribution in [3.05, 3.63) is 52.6 Å². The molecule has 1 saturated carbocycles. The highest BCUT2D eigenvalue weighted by Gasteiger charge is 2.61. The Balaban J connectivity index is 1.66. The van der Waals surface area contributed by atoms with Gasteiger partial charge < -0.3 is 14.7 Å². The topological polar surface area (TPSA) is 49.8 Å². The van der Waals surface area contributed by atoms with Crippen LogP contribution >= 0.6 is 0 Å². The Bertz CT molecular complexity index is 1040. The van der Waals surface area contributed by atoms with Crippen molar-refractivity contribution in [1.82, 2.24) is 0 Å². The average molecular weight is 432 g/mol. The quantitative estimate of drug-likeness (QED) is 0.696. The zero-order valence-electron chi connectivity index (χ0n) is 19.4. The predicted octanol–water partition coefficient (Wildman–Crippen LogP) is 4.60. The normalized spacial score (nSPS) is 36.4. The van der Waals surface area contributed by atoms with Crippen LogP contribution in [-0.4, -0.2) is 37.2 Å². The Morgan fingerprint density at radius 3 is 2.59 bits per heavy atom. The standard InChI is InChI=1S/C28H33NO3/c1-5-28(31)15-14-24-23-12-8-19-16-21(30)11-13-22(19)25(23)26(32-17-27(24,28)2)18-6-9-20(10-7-18)29(3)4/h1,6-7,9-10,16,23-24,26,31H,8,11-15,17H2,2-4H3/t23-,24-,26+,27-,28-/m0/s1. The fourth-order valence-electron chi connectivity index (χ4n) is 6.73. The number of terminal acetylenes is 1. The van der Waals surface area contributed by atoms with E-state index in [9.17, 15) is 9.90 Å². The van der Waals surface area contributed by atoms with Crippen LogP contribution in [0, 0.1) is 29.6 Å². The van der Waals surface area contributed by atoms with Crippen molar-refractivity contribution in [3.63, 3.8) is 0 Å².